The Labute approximate surface area is 131 Å². The van der Waals surface area contributed by atoms with Gasteiger partial charge in [-0.1, -0.05) is 0 Å². The molecule has 0 saturated heterocycles. The number of hydrogen-bond acceptors (Lipinski definition) is 5. The van der Waals surface area contributed by atoms with Crippen molar-refractivity contribution in [2.75, 3.05) is 6.54 Å². The highest BCUT2D eigenvalue weighted by molar-refractivity contribution is 7.17. The number of carbonyl (C=O) groups excluding carboxylic acids is 1. The van der Waals surface area contributed by atoms with Crippen LogP contribution in [0.5, 0.6) is 0 Å². The molecule has 22 heavy (non-hydrogen) atoms. The van der Waals surface area contributed by atoms with Gasteiger partial charge in [0.25, 0.3) is 5.91 Å². The standard InChI is InChI=1S/C15H16N4O2S/c1-10-3-4-12(21-10)15-18-11(2)13(22-15)14(20)17-6-8-19-7-5-16-9-19/h3-5,7,9H,6,8H2,1-2H3,(H,17,20). The topological polar surface area (TPSA) is 73.0 Å². The van der Waals surface area contributed by atoms with Gasteiger partial charge < -0.3 is 14.3 Å². The number of aromatic nitrogens is 3. The zero-order valence-corrected chi connectivity index (χ0v) is 13.2. The lowest BCUT2D eigenvalue weighted by molar-refractivity contribution is 0.0955. The molecule has 0 spiro atoms. The van der Waals surface area contributed by atoms with Gasteiger partial charge in [0.15, 0.2) is 10.8 Å². The van der Waals surface area contributed by atoms with E-state index in [9.17, 15) is 4.79 Å². The minimum Gasteiger partial charge on any atom is -0.459 e. The normalized spacial score (nSPS) is 10.8. The number of rotatable bonds is 5. The highest BCUT2D eigenvalue weighted by Gasteiger charge is 2.17. The monoisotopic (exact) mass is 316 g/mol. The Balaban J connectivity index is 1.66. The SMILES string of the molecule is Cc1ccc(-c2nc(C)c(C(=O)NCCn3ccnc3)s2)o1. The first-order valence-corrected chi connectivity index (χ1v) is 7.73. The molecule has 0 aliphatic heterocycles. The number of amides is 1. The van der Waals surface area contributed by atoms with Gasteiger partial charge in [0.1, 0.15) is 10.6 Å². The van der Waals surface area contributed by atoms with Crippen LogP contribution in [0.25, 0.3) is 10.8 Å². The van der Waals surface area contributed by atoms with Gasteiger partial charge >= 0.3 is 0 Å². The average Bonchev–Trinajstić information content (AvgIpc) is 3.19. The molecular formula is C15H16N4O2S. The molecule has 114 valence electrons. The van der Waals surface area contributed by atoms with Gasteiger partial charge in [-0.25, -0.2) is 9.97 Å². The van der Waals surface area contributed by atoms with Crippen LogP contribution in [0.4, 0.5) is 0 Å². The third-order valence-electron chi connectivity index (χ3n) is 3.17. The fourth-order valence-electron chi connectivity index (χ4n) is 2.06. The molecule has 0 bridgehead atoms. The molecule has 0 fully saturated rings. The van der Waals surface area contributed by atoms with Crippen LogP contribution >= 0.6 is 11.3 Å². The van der Waals surface area contributed by atoms with E-state index in [2.05, 4.69) is 15.3 Å². The van der Waals surface area contributed by atoms with E-state index in [1.54, 1.807) is 12.5 Å². The molecule has 7 heteroatoms. The van der Waals surface area contributed by atoms with E-state index < -0.39 is 0 Å². The fraction of sp³-hybridized carbons (Fsp3) is 0.267. The molecule has 0 unspecified atom stereocenters. The number of imidazole rings is 1. The van der Waals surface area contributed by atoms with E-state index in [-0.39, 0.29) is 5.91 Å². The predicted molar refractivity (Wildman–Crippen MR) is 83.9 cm³/mol. The quantitative estimate of drug-likeness (QED) is 0.785. The summed E-state index contributed by atoms with van der Waals surface area (Å²) in [6.45, 7) is 4.95. The van der Waals surface area contributed by atoms with Crippen molar-refractivity contribution >= 4 is 17.2 Å². The zero-order chi connectivity index (χ0) is 15.5. The summed E-state index contributed by atoms with van der Waals surface area (Å²) < 4.78 is 7.47. The molecule has 0 saturated carbocycles. The Morgan fingerprint density at radius 3 is 2.95 bits per heavy atom. The van der Waals surface area contributed by atoms with E-state index in [0.717, 1.165) is 10.8 Å². The third kappa shape index (κ3) is 3.09. The van der Waals surface area contributed by atoms with Crippen molar-refractivity contribution in [1.29, 1.82) is 0 Å². The van der Waals surface area contributed by atoms with Crippen molar-refractivity contribution in [1.82, 2.24) is 19.9 Å². The molecule has 1 N–H and O–H groups in total. The Morgan fingerprint density at radius 1 is 1.41 bits per heavy atom. The molecule has 3 heterocycles. The molecule has 0 aromatic carbocycles. The van der Waals surface area contributed by atoms with Gasteiger partial charge in [-0.2, -0.15) is 0 Å². The maximum atomic E-state index is 12.2. The van der Waals surface area contributed by atoms with Crippen LogP contribution in [0.15, 0.2) is 35.3 Å². The molecule has 0 atom stereocenters. The van der Waals surface area contributed by atoms with Crippen LogP contribution in [-0.2, 0) is 6.54 Å². The van der Waals surface area contributed by atoms with Gasteiger partial charge in [-0.15, -0.1) is 11.3 Å². The van der Waals surface area contributed by atoms with E-state index in [4.69, 9.17) is 4.42 Å². The average molecular weight is 316 g/mol. The molecule has 1 amide bonds. The lowest BCUT2D eigenvalue weighted by Crippen LogP contribution is -2.26. The number of nitrogens with one attached hydrogen (secondary N) is 1. The largest absolute Gasteiger partial charge is 0.459 e. The van der Waals surface area contributed by atoms with Crippen molar-refractivity contribution in [3.8, 4) is 10.8 Å². The van der Waals surface area contributed by atoms with E-state index >= 15 is 0 Å². The Kier molecular flexibility index (Phi) is 4.06. The minimum atomic E-state index is -0.107. The summed E-state index contributed by atoms with van der Waals surface area (Å²) >= 11 is 1.35. The van der Waals surface area contributed by atoms with Crippen molar-refractivity contribution in [3.63, 3.8) is 0 Å². The van der Waals surface area contributed by atoms with Gasteiger partial charge in [0.05, 0.1) is 12.0 Å². The van der Waals surface area contributed by atoms with Gasteiger partial charge in [-0.3, -0.25) is 4.79 Å². The fourth-order valence-corrected chi connectivity index (χ4v) is 3.00. The maximum Gasteiger partial charge on any atom is 0.263 e. The number of nitrogens with zero attached hydrogens (tertiary/aromatic N) is 3. The zero-order valence-electron chi connectivity index (χ0n) is 12.4. The van der Waals surface area contributed by atoms with Crippen molar-refractivity contribution < 1.29 is 9.21 Å². The maximum absolute atomic E-state index is 12.2. The lowest BCUT2D eigenvalue weighted by Gasteiger charge is -2.04. The smallest absolute Gasteiger partial charge is 0.263 e. The summed E-state index contributed by atoms with van der Waals surface area (Å²) in [6, 6.07) is 3.76. The first-order chi connectivity index (χ1) is 10.6. The minimum absolute atomic E-state index is 0.107. The van der Waals surface area contributed by atoms with E-state index in [1.165, 1.54) is 11.3 Å². The van der Waals surface area contributed by atoms with Crippen LogP contribution < -0.4 is 5.32 Å². The molecule has 6 nitrogen and oxygen atoms in total. The van der Waals surface area contributed by atoms with Crippen LogP contribution in [0.2, 0.25) is 0 Å². The first-order valence-electron chi connectivity index (χ1n) is 6.91. The number of thiazole rings is 1. The van der Waals surface area contributed by atoms with Gasteiger partial charge in [0.2, 0.25) is 0 Å². The Bertz CT molecular complexity index is 773. The van der Waals surface area contributed by atoms with Crippen LogP contribution in [-0.4, -0.2) is 27.0 Å². The van der Waals surface area contributed by atoms with E-state index in [0.29, 0.717) is 29.4 Å². The number of aryl methyl sites for hydroxylation is 2. The van der Waals surface area contributed by atoms with Crippen LogP contribution in [0.1, 0.15) is 21.1 Å². The Hall–Kier alpha value is -2.41. The second-order valence-electron chi connectivity index (χ2n) is 4.90. The molecule has 3 rings (SSSR count). The highest BCUT2D eigenvalue weighted by atomic mass is 32.1. The first kappa shape index (κ1) is 14.5. The van der Waals surface area contributed by atoms with E-state index in [1.807, 2.05) is 36.7 Å². The van der Waals surface area contributed by atoms with Crippen molar-refractivity contribution in [3.05, 3.63) is 47.2 Å². The summed E-state index contributed by atoms with van der Waals surface area (Å²) in [6.07, 6.45) is 5.30. The summed E-state index contributed by atoms with van der Waals surface area (Å²) in [4.78, 5) is 21.3. The molecule has 3 aromatic rings. The number of hydrogen-bond donors (Lipinski definition) is 1. The lowest BCUT2D eigenvalue weighted by atomic mass is 10.3. The molecule has 0 radical (unpaired) electrons. The molecule has 3 aromatic heterocycles. The van der Waals surface area contributed by atoms with Gasteiger partial charge in [0, 0.05) is 25.5 Å². The molecule has 0 aliphatic rings. The summed E-state index contributed by atoms with van der Waals surface area (Å²) in [5.41, 5.74) is 0.717. The summed E-state index contributed by atoms with van der Waals surface area (Å²) in [7, 11) is 0. The summed E-state index contributed by atoms with van der Waals surface area (Å²) in [5, 5.41) is 3.63. The second kappa shape index (κ2) is 6.15. The molecule has 0 aliphatic carbocycles. The van der Waals surface area contributed by atoms with Gasteiger partial charge in [-0.05, 0) is 26.0 Å². The Morgan fingerprint density at radius 2 is 2.27 bits per heavy atom. The predicted octanol–water partition coefficient (Wildman–Crippen LogP) is 2.65. The van der Waals surface area contributed by atoms with Crippen molar-refractivity contribution in [2.24, 2.45) is 0 Å². The van der Waals surface area contributed by atoms with Crippen molar-refractivity contribution in [2.45, 2.75) is 20.4 Å². The molecular weight excluding hydrogens is 300 g/mol. The second-order valence-corrected chi connectivity index (χ2v) is 5.90. The van der Waals surface area contributed by atoms with Crippen LogP contribution in [0.3, 0.4) is 0 Å². The third-order valence-corrected chi connectivity index (χ3v) is 4.34. The number of carbonyl (C=O) groups is 1. The highest BCUT2D eigenvalue weighted by Crippen LogP contribution is 2.29. The van der Waals surface area contributed by atoms with Crippen LogP contribution in [0, 0.1) is 13.8 Å². The summed E-state index contributed by atoms with van der Waals surface area (Å²) in [5.74, 6) is 1.42. The number of furan rings is 1.